The fourth-order valence-electron chi connectivity index (χ4n) is 2.49. The molecule has 6 heteroatoms. The lowest BCUT2D eigenvalue weighted by Crippen LogP contribution is -2.16. The van der Waals surface area contributed by atoms with Gasteiger partial charge in [-0.2, -0.15) is 0 Å². The van der Waals surface area contributed by atoms with Crippen LogP contribution in [-0.2, 0) is 9.53 Å². The van der Waals surface area contributed by atoms with E-state index in [0.29, 0.717) is 16.7 Å². The molecule has 0 amide bonds. The van der Waals surface area contributed by atoms with Crippen LogP contribution in [0.4, 0.5) is 0 Å². The summed E-state index contributed by atoms with van der Waals surface area (Å²) in [5.41, 5.74) is 2.30. The van der Waals surface area contributed by atoms with Gasteiger partial charge in [0.25, 0.3) is 5.56 Å². The number of rotatable bonds is 4. The third-order valence-corrected chi connectivity index (χ3v) is 4.55. The van der Waals surface area contributed by atoms with Gasteiger partial charge in [-0.15, -0.1) is 0 Å². The van der Waals surface area contributed by atoms with Gasteiger partial charge < -0.3 is 9.72 Å². The van der Waals surface area contributed by atoms with Crippen LogP contribution < -0.4 is 5.56 Å². The summed E-state index contributed by atoms with van der Waals surface area (Å²) in [5, 5.41) is 0.499. The van der Waals surface area contributed by atoms with E-state index in [2.05, 4.69) is 25.9 Å². The molecule has 3 aromatic rings. The number of carbonyl (C=O) groups excluding carboxylic acids is 1. The molecule has 0 fully saturated rings. The molecular weight excluding hydrogens is 396 g/mol. The first-order valence-corrected chi connectivity index (χ1v) is 8.87. The number of H-pyrrole nitrogens is 1. The van der Waals surface area contributed by atoms with Crippen molar-refractivity contribution in [1.29, 1.82) is 0 Å². The maximum absolute atomic E-state index is 12.1. The highest BCUT2D eigenvalue weighted by Crippen LogP contribution is 2.20. The number of fused-ring (bicyclic) bond motifs is 1. The summed E-state index contributed by atoms with van der Waals surface area (Å²) in [6.45, 7) is 3.66. The van der Waals surface area contributed by atoms with E-state index in [1.165, 1.54) is 6.08 Å². The van der Waals surface area contributed by atoms with E-state index in [1.807, 2.05) is 25.1 Å². The quantitative estimate of drug-likeness (QED) is 0.511. The number of aryl methyl sites for hydroxylation is 1. The van der Waals surface area contributed by atoms with Gasteiger partial charge in [-0.1, -0.05) is 40.2 Å². The van der Waals surface area contributed by atoms with Crippen molar-refractivity contribution in [2.45, 2.75) is 20.0 Å². The summed E-state index contributed by atoms with van der Waals surface area (Å²) in [6.07, 6.45) is 2.35. The first-order valence-electron chi connectivity index (χ1n) is 8.08. The predicted octanol–water partition coefficient (Wildman–Crippen LogP) is 4.31. The molecule has 0 saturated carbocycles. The zero-order valence-corrected chi connectivity index (χ0v) is 15.9. The largest absolute Gasteiger partial charge is 0.451 e. The van der Waals surface area contributed by atoms with Gasteiger partial charge in [-0.05, 0) is 49.2 Å². The number of para-hydroxylation sites is 1. The number of hydrogen-bond acceptors (Lipinski definition) is 4. The Balaban J connectivity index is 1.75. The molecular formula is C20H17BrN2O3. The Bertz CT molecular complexity index is 1060. The smallest absolute Gasteiger partial charge is 0.331 e. The fraction of sp³-hybridized carbons (Fsp3) is 0.150. The summed E-state index contributed by atoms with van der Waals surface area (Å²) < 4.78 is 6.25. The van der Waals surface area contributed by atoms with Crippen LogP contribution in [0.5, 0.6) is 0 Å². The highest BCUT2D eigenvalue weighted by molar-refractivity contribution is 9.10. The van der Waals surface area contributed by atoms with Crippen molar-refractivity contribution in [3.8, 4) is 0 Å². The Morgan fingerprint density at radius 1 is 1.27 bits per heavy atom. The number of hydrogen-bond donors (Lipinski definition) is 1. The number of aromatic amines is 1. The van der Waals surface area contributed by atoms with E-state index in [1.54, 1.807) is 37.3 Å². The van der Waals surface area contributed by atoms with Crippen LogP contribution in [0, 0.1) is 6.92 Å². The van der Waals surface area contributed by atoms with Crippen LogP contribution in [0.15, 0.2) is 57.8 Å². The summed E-state index contributed by atoms with van der Waals surface area (Å²) in [4.78, 5) is 31.2. The monoisotopic (exact) mass is 412 g/mol. The second-order valence-electron chi connectivity index (χ2n) is 5.91. The third kappa shape index (κ3) is 4.08. The SMILES string of the molecule is Cc1ccc(/C=C/C(=O)O[C@@H](C)c2nc3ccccc3c(=O)[nH]2)c(Br)c1. The average Bonchev–Trinajstić information content (AvgIpc) is 2.61. The Morgan fingerprint density at radius 3 is 2.81 bits per heavy atom. The van der Waals surface area contributed by atoms with Crippen molar-refractivity contribution < 1.29 is 9.53 Å². The molecule has 1 aromatic heterocycles. The minimum Gasteiger partial charge on any atom is -0.451 e. The van der Waals surface area contributed by atoms with Crippen molar-refractivity contribution >= 4 is 38.9 Å². The maximum Gasteiger partial charge on any atom is 0.331 e. The zero-order chi connectivity index (χ0) is 18.7. The summed E-state index contributed by atoms with van der Waals surface area (Å²) in [5.74, 6) is -0.201. The molecule has 0 spiro atoms. The highest BCUT2D eigenvalue weighted by atomic mass is 79.9. The van der Waals surface area contributed by atoms with Gasteiger partial charge >= 0.3 is 5.97 Å². The molecule has 2 aromatic carbocycles. The van der Waals surface area contributed by atoms with Crippen LogP contribution in [0.25, 0.3) is 17.0 Å². The Hall–Kier alpha value is -2.73. The van der Waals surface area contributed by atoms with Crippen LogP contribution in [0.3, 0.4) is 0 Å². The lowest BCUT2D eigenvalue weighted by molar-refractivity contribution is -0.142. The molecule has 1 heterocycles. The first kappa shape index (κ1) is 18.1. The van der Waals surface area contributed by atoms with Crippen LogP contribution >= 0.6 is 15.9 Å². The molecule has 5 nitrogen and oxygen atoms in total. The number of aromatic nitrogens is 2. The molecule has 0 radical (unpaired) electrons. The van der Waals surface area contributed by atoms with Crippen molar-refractivity contribution in [3.05, 3.63) is 80.3 Å². The lowest BCUT2D eigenvalue weighted by Gasteiger charge is -2.11. The molecule has 0 aliphatic rings. The second kappa shape index (κ2) is 7.66. The minimum atomic E-state index is -0.675. The molecule has 0 aliphatic carbocycles. The highest BCUT2D eigenvalue weighted by Gasteiger charge is 2.14. The van der Waals surface area contributed by atoms with E-state index in [0.717, 1.165) is 15.6 Å². The minimum absolute atomic E-state index is 0.257. The average molecular weight is 413 g/mol. The fourth-order valence-corrected chi connectivity index (χ4v) is 3.12. The first-order chi connectivity index (χ1) is 12.4. The summed E-state index contributed by atoms with van der Waals surface area (Å²) in [6, 6.07) is 12.9. The number of nitrogens with one attached hydrogen (secondary N) is 1. The maximum atomic E-state index is 12.1. The van der Waals surface area contributed by atoms with E-state index < -0.39 is 12.1 Å². The number of nitrogens with zero attached hydrogens (tertiary/aromatic N) is 1. The van der Waals surface area contributed by atoms with Gasteiger partial charge in [0.15, 0.2) is 11.9 Å². The standard InChI is InChI=1S/C20H17BrN2O3/c1-12-7-8-14(16(21)11-12)9-10-18(24)26-13(2)19-22-17-6-4-3-5-15(17)20(25)23-19/h3-11,13H,1-2H3,(H,22,23,25)/b10-9+/t13-/m0/s1. The van der Waals surface area contributed by atoms with Gasteiger partial charge in [0.2, 0.25) is 0 Å². The van der Waals surface area contributed by atoms with Crippen LogP contribution in [0.1, 0.15) is 30.0 Å². The Labute approximate surface area is 158 Å². The molecule has 1 atom stereocenters. The Morgan fingerprint density at radius 2 is 2.04 bits per heavy atom. The van der Waals surface area contributed by atoms with Crippen molar-refractivity contribution in [1.82, 2.24) is 9.97 Å². The van der Waals surface area contributed by atoms with E-state index in [-0.39, 0.29) is 5.56 Å². The van der Waals surface area contributed by atoms with Crippen molar-refractivity contribution in [3.63, 3.8) is 0 Å². The molecule has 3 rings (SSSR count). The van der Waals surface area contributed by atoms with Gasteiger partial charge in [0.05, 0.1) is 10.9 Å². The topological polar surface area (TPSA) is 72.0 Å². The van der Waals surface area contributed by atoms with Crippen LogP contribution in [-0.4, -0.2) is 15.9 Å². The van der Waals surface area contributed by atoms with Gasteiger partial charge in [0, 0.05) is 10.5 Å². The lowest BCUT2D eigenvalue weighted by atomic mass is 10.1. The van der Waals surface area contributed by atoms with Gasteiger partial charge in [-0.25, -0.2) is 9.78 Å². The van der Waals surface area contributed by atoms with E-state index >= 15 is 0 Å². The molecule has 1 N–H and O–H groups in total. The number of halogens is 1. The molecule has 0 aliphatic heterocycles. The molecule has 132 valence electrons. The van der Waals surface area contributed by atoms with E-state index in [9.17, 15) is 9.59 Å². The van der Waals surface area contributed by atoms with Gasteiger partial charge in [0.1, 0.15) is 0 Å². The zero-order valence-electron chi connectivity index (χ0n) is 14.3. The normalized spacial score (nSPS) is 12.4. The summed E-state index contributed by atoms with van der Waals surface area (Å²) in [7, 11) is 0. The number of carbonyl (C=O) groups is 1. The van der Waals surface area contributed by atoms with E-state index in [4.69, 9.17) is 4.74 Å². The number of benzene rings is 2. The second-order valence-corrected chi connectivity index (χ2v) is 6.76. The van der Waals surface area contributed by atoms with Crippen LogP contribution in [0.2, 0.25) is 0 Å². The molecule has 26 heavy (non-hydrogen) atoms. The molecule has 0 saturated heterocycles. The summed E-state index contributed by atoms with van der Waals surface area (Å²) >= 11 is 3.46. The number of esters is 1. The number of ether oxygens (including phenoxy) is 1. The third-order valence-electron chi connectivity index (χ3n) is 3.86. The molecule has 0 unspecified atom stereocenters. The van der Waals surface area contributed by atoms with Gasteiger partial charge in [-0.3, -0.25) is 4.79 Å². The van der Waals surface area contributed by atoms with Crippen molar-refractivity contribution in [2.24, 2.45) is 0 Å². The molecule has 0 bridgehead atoms. The van der Waals surface area contributed by atoms with Crippen molar-refractivity contribution in [2.75, 3.05) is 0 Å². The predicted molar refractivity (Wildman–Crippen MR) is 105 cm³/mol. The Kier molecular flexibility index (Phi) is 5.32.